The van der Waals surface area contributed by atoms with Gasteiger partial charge in [0.05, 0.1) is 12.2 Å². The van der Waals surface area contributed by atoms with E-state index in [0.29, 0.717) is 5.76 Å². The highest BCUT2D eigenvalue weighted by atomic mass is 16.5. The smallest absolute Gasteiger partial charge is 0.292 e. The second-order valence-corrected chi connectivity index (χ2v) is 3.57. The van der Waals surface area contributed by atoms with Crippen LogP contribution in [0.5, 0.6) is 0 Å². The molecular weight excluding hydrogens is 182 g/mol. The maximum atomic E-state index is 11.8. The van der Waals surface area contributed by atoms with Crippen LogP contribution in [0.25, 0.3) is 0 Å². The van der Waals surface area contributed by atoms with Gasteiger partial charge in [0, 0.05) is 25.7 Å². The summed E-state index contributed by atoms with van der Waals surface area (Å²) in [4.78, 5) is 13.5. The third kappa shape index (κ3) is 1.39. The number of hydrogen-bond donors (Lipinski definition) is 1. The van der Waals surface area contributed by atoms with Crippen molar-refractivity contribution < 1.29 is 9.32 Å². The number of rotatable bonds is 2. The number of nitrogens with zero attached hydrogens (tertiary/aromatic N) is 2. The van der Waals surface area contributed by atoms with Gasteiger partial charge in [-0.25, -0.2) is 0 Å². The molecule has 5 nitrogen and oxygen atoms in total. The Labute approximate surface area is 82.1 Å². The fourth-order valence-corrected chi connectivity index (χ4v) is 1.37. The molecule has 5 heteroatoms. The lowest BCUT2D eigenvalue weighted by Gasteiger charge is -2.35. The molecule has 0 atom stereocenters. The van der Waals surface area contributed by atoms with Crippen LogP contribution in [-0.4, -0.2) is 42.1 Å². The van der Waals surface area contributed by atoms with Crippen molar-refractivity contribution in [3.63, 3.8) is 0 Å². The van der Waals surface area contributed by atoms with Crippen LogP contribution < -0.4 is 5.32 Å². The van der Waals surface area contributed by atoms with Crippen molar-refractivity contribution >= 4 is 5.91 Å². The first-order chi connectivity index (χ1) is 6.70. The number of likely N-dealkylation sites (N-methyl/N-ethyl adjacent to an activating group) is 1. The van der Waals surface area contributed by atoms with Gasteiger partial charge in [-0.15, -0.1) is 0 Å². The van der Waals surface area contributed by atoms with E-state index in [4.69, 9.17) is 4.52 Å². The van der Waals surface area contributed by atoms with E-state index in [9.17, 15) is 4.79 Å². The maximum Gasteiger partial charge on any atom is 0.292 e. The number of hydrogen-bond acceptors (Lipinski definition) is 4. The third-order valence-corrected chi connectivity index (χ3v) is 2.57. The Morgan fingerprint density at radius 2 is 2.43 bits per heavy atom. The predicted molar refractivity (Wildman–Crippen MR) is 50.0 cm³/mol. The molecule has 0 saturated carbocycles. The molecule has 0 unspecified atom stereocenters. The molecule has 1 aromatic rings. The molecule has 2 rings (SSSR count). The van der Waals surface area contributed by atoms with E-state index in [1.807, 2.05) is 6.92 Å². The number of carbonyl (C=O) groups is 1. The van der Waals surface area contributed by atoms with E-state index < -0.39 is 0 Å². The van der Waals surface area contributed by atoms with Gasteiger partial charge in [-0.3, -0.25) is 4.79 Å². The topological polar surface area (TPSA) is 58.4 Å². The van der Waals surface area contributed by atoms with E-state index in [0.717, 1.165) is 18.7 Å². The molecule has 1 aliphatic heterocycles. The highest BCUT2D eigenvalue weighted by molar-refractivity contribution is 5.92. The van der Waals surface area contributed by atoms with Gasteiger partial charge in [0.15, 0.2) is 0 Å². The second-order valence-electron chi connectivity index (χ2n) is 3.57. The number of nitrogens with one attached hydrogen (secondary N) is 1. The van der Waals surface area contributed by atoms with Gasteiger partial charge >= 0.3 is 0 Å². The van der Waals surface area contributed by atoms with Crippen molar-refractivity contribution in [2.45, 2.75) is 13.0 Å². The highest BCUT2D eigenvalue weighted by Crippen LogP contribution is 2.12. The van der Waals surface area contributed by atoms with Crippen molar-refractivity contribution in [3.8, 4) is 0 Å². The van der Waals surface area contributed by atoms with E-state index in [1.54, 1.807) is 18.1 Å². The lowest BCUT2D eigenvalue weighted by atomic mass is 10.1. The summed E-state index contributed by atoms with van der Waals surface area (Å²) in [6.45, 7) is 3.53. The number of carbonyl (C=O) groups excluding carboxylic acids is 1. The summed E-state index contributed by atoms with van der Waals surface area (Å²) in [6, 6.07) is 0.284. The molecule has 0 spiro atoms. The molecule has 1 aromatic heterocycles. The molecule has 76 valence electrons. The first-order valence-electron chi connectivity index (χ1n) is 4.59. The van der Waals surface area contributed by atoms with Crippen LogP contribution >= 0.6 is 0 Å². The molecule has 1 fully saturated rings. The van der Waals surface area contributed by atoms with Gasteiger partial charge in [-0.2, -0.15) is 0 Å². The zero-order chi connectivity index (χ0) is 10.1. The van der Waals surface area contributed by atoms with Gasteiger partial charge < -0.3 is 14.7 Å². The van der Waals surface area contributed by atoms with Crippen LogP contribution in [0.1, 0.15) is 16.1 Å². The maximum absolute atomic E-state index is 11.8. The Hall–Kier alpha value is -1.36. The summed E-state index contributed by atoms with van der Waals surface area (Å²) in [5.41, 5.74) is 0.786. The van der Waals surface area contributed by atoms with Crippen LogP contribution in [0.15, 0.2) is 10.7 Å². The lowest BCUT2D eigenvalue weighted by molar-refractivity contribution is 0.0638. The van der Waals surface area contributed by atoms with Crippen LogP contribution in [-0.2, 0) is 0 Å². The van der Waals surface area contributed by atoms with Crippen LogP contribution in [0.2, 0.25) is 0 Å². The molecule has 0 aliphatic carbocycles. The molecule has 1 N–H and O–H groups in total. The Morgan fingerprint density at radius 1 is 1.71 bits per heavy atom. The Balaban J connectivity index is 2.11. The zero-order valence-electron chi connectivity index (χ0n) is 8.28. The van der Waals surface area contributed by atoms with Crippen molar-refractivity contribution in [1.82, 2.24) is 15.4 Å². The number of aryl methyl sites for hydroxylation is 1. The third-order valence-electron chi connectivity index (χ3n) is 2.57. The van der Waals surface area contributed by atoms with Gasteiger partial charge in [-0.05, 0) is 6.92 Å². The van der Waals surface area contributed by atoms with Crippen LogP contribution in [0.3, 0.4) is 0 Å². The van der Waals surface area contributed by atoms with Crippen LogP contribution in [0, 0.1) is 6.92 Å². The fourth-order valence-electron chi connectivity index (χ4n) is 1.37. The summed E-state index contributed by atoms with van der Waals surface area (Å²) < 4.78 is 4.90. The van der Waals surface area contributed by atoms with Crippen molar-refractivity contribution in [2.75, 3.05) is 20.1 Å². The molecule has 0 aromatic carbocycles. The normalized spacial score (nSPS) is 16.4. The average Bonchev–Trinajstić information content (AvgIpc) is 2.47. The average molecular weight is 195 g/mol. The molecule has 1 amide bonds. The van der Waals surface area contributed by atoms with E-state index in [-0.39, 0.29) is 11.9 Å². The summed E-state index contributed by atoms with van der Waals surface area (Å²) in [7, 11) is 1.79. The lowest BCUT2D eigenvalue weighted by Crippen LogP contribution is -2.57. The SMILES string of the molecule is Cc1cnoc1C(=O)N(C)C1CNC1. The predicted octanol–water partition coefficient (Wildman–Crippen LogP) is 0.0268. The van der Waals surface area contributed by atoms with Gasteiger partial charge in [0.25, 0.3) is 5.91 Å². The van der Waals surface area contributed by atoms with Crippen LogP contribution in [0.4, 0.5) is 0 Å². The molecular formula is C9H13N3O2. The van der Waals surface area contributed by atoms with E-state index in [1.165, 1.54) is 0 Å². The largest absolute Gasteiger partial charge is 0.351 e. The summed E-state index contributed by atoms with van der Waals surface area (Å²) in [5.74, 6) is 0.255. The minimum atomic E-state index is -0.0912. The quantitative estimate of drug-likeness (QED) is 0.723. The number of amides is 1. The molecule has 1 saturated heterocycles. The first kappa shape index (κ1) is 9.21. The number of aromatic nitrogens is 1. The summed E-state index contributed by atoms with van der Waals surface area (Å²) >= 11 is 0. The Kier molecular flexibility index (Phi) is 2.25. The molecule has 0 bridgehead atoms. The van der Waals surface area contributed by atoms with Crippen molar-refractivity contribution in [3.05, 3.63) is 17.5 Å². The highest BCUT2D eigenvalue weighted by Gasteiger charge is 2.28. The van der Waals surface area contributed by atoms with Gasteiger partial charge in [0.1, 0.15) is 0 Å². The standard InChI is InChI=1S/C9H13N3O2/c1-6-3-11-14-8(6)9(13)12(2)7-4-10-5-7/h3,7,10H,4-5H2,1-2H3. The Morgan fingerprint density at radius 3 is 2.86 bits per heavy atom. The minimum absolute atomic E-state index is 0.0912. The minimum Gasteiger partial charge on any atom is -0.351 e. The van der Waals surface area contributed by atoms with Gasteiger partial charge in [-0.1, -0.05) is 5.16 Å². The summed E-state index contributed by atoms with van der Waals surface area (Å²) in [5, 5.41) is 6.71. The molecule has 1 aliphatic rings. The Bertz CT molecular complexity index is 344. The van der Waals surface area contributed by atoms with Crippen molar-refractivity contribution in [1.29, 1.82) is 0 Å². The van der Waals surface area contributed by atoms with Crippen molar-refractivity contribution in [2.24, 2.45) is 0 Å². The summed E-state index contributed by atoms with van der Waals surface area (Å²) in [6.07, 6.45) is 1.56. The van der Waals surface area contributed by atoms with E-state index >= 15 is 0 Å². The molecule has 2 heterocycles. The fraction of sp³-hybridized carbons (Fsp3) is 0.556. The van der Waals surface area contributed by atoms with E-state index in [2.05, 4.69) is 10.5 Å². The van der Waals surface area contributed by atoms with Gasteiger partial charge in [0.2, 0.25) is 5.76 Å². The first-order valence-corrected chi connectivity index (χ1v) is 4.59. The monoisotopic (exact) mass is 195 g/mol. The second kappa shape index (κ2) is 3.42. The zero-order valence-corrected chi connectivity index (χ0v) is 8.28. The molecule has 14 heavy (non-hydrogen) atoms. The molecule has 0 radical (unpaired) electrons.